The lowest BCUT2D eigenvalue weighted by molar-refractivity contribution is -0.121. The summed E-state index contributed by atoms with van der Waals surface area (Å²) in [7, 11) is 0. The zero-order valence-corrected chi connectivity index (χ0v) is 10.9. The number of hydrogen-bond donors (Lipinski definition) is 3. The van der Waals surface area contributed by atoms with Gasteiger partial charge in [-0.25, -0.2) is 0 Å². The quantitative estimate of drug-likeness (QED) is 0.495. The summed E-state index contributed by atoms with van der Waals surface area (Å²) in [5.74, 6) is 2.26. The van der Waals surface area contributed by atoms with E-state index in [0.717, 1.165) is 24.3 Å². The Balaban J connectivity index is 3.36. The van der Waals surface area contributed by atoms with E-state index in [1.807, 2.05) is 0 Å². The highest BCUT2D eigenvalue weighted by Gasteiger charge is 2.09. The number of carbonyl (C=O) groups is 1. The summed E-state index contributed by atoms with van der Waals surface area (Å²) in [5, 5.41) is 11.5. The minimum Gasteiger partial charge on any atom is -0.396 e. The van der Waals surface area contributed by atoms with Gasteiger partial charge in [0.15, 0.2) is 0 Å². The van der Waals surface area contributed by atoms with E-state index >= 15 is 0 Å². The molecule has 0 rings (SSSR count). The number of thioether (sulfide) groups is 1. The Hall–Kier alpha value is -0.260. The van der Waals surface area contributed by atoms with Gasteiger partial charge in [0.05, 0.1) is 0 Å². The van der Waals surface area contributed by atoms with Gasteiger partial charge in [-0.15, -0.1) is 0 Å². The fraction of sp³-hybridized carbons (Fsp3) is 0.909. The van der Waals surface area contributed by atoms with E-state index in [1.54, 1.807) is 11.8 Å². The van der Waals surface area contributed by atoms with Crippen molar-refractivity contribution >= 4 is 17.7 Å². The predicted octanol–water partition coefficient (Wildman–Crippen LogP) is 0.593. The van der Waals surface area contributed by atoms with Crippen LogP contribution in [0.15, 0.2) is 0 Å². The van der Waals surface area contributed by atoms with Crippen LogP contribution in [0, 0.1) is 5.92 Å². The third-order valence-corrected chi connectivity index (χ3v) is 3.47. The van der Waals surface area contributed by atoms with Crippen molar-refractivity contribution in [2.24, 2.45) is 11.7 Å². The summed E-state index contributed by atoms with van der Waals surface area (Å²) >= 11 is 1.75. The smallest absolute Gasteiger partial charge is 0.220 e. The van der Waals surface area contributed by atoms with E-state index in [-0.39, 0.29) is 12.5 Å². The first-order valence-electron chi connectivity index (χ1n) is 5.89. The average Bonchev–Trinajstić information content (AvgIpc) is 2.30. The van der Waals surface area contributed by atoms with Crippen LogP contribution in [0.3, 0.4) is 0 Å². The van der Waals surface area contributed by atoms with Gasteiger partial charge in [-0.2, -0.15) is 11.8 Å². The molecule has 0 aromatic heterocycles. The first kappa shape index (κ1) is 15.7. The standard InChI is InChI=1S/C11H24N2O2S/c1-2-10(9-12)8-11(15)13-4-7-16-6-3-5-14/h10,14H,2-9,12H2,1H3,(H,13,15). The third kappa shape index (κ3) is 9.00. The Bertz CT molecular complexity index is 175. The molecule has 0 aliphatic carbocycles. The van der Waals surface area contributed by atoms with Gasteiger partial charge in [-0.1, -0.05) is 13.3 Å². The molecule has 1 atom stereocenters. The largest absolute Gasteiger partial charge is 0.396 e. The average molecular weight is 248 g/mol. The summed E-state index contributed by atoms with van der Waals surface area (Å²) in [5.41, 5.74) is 5.53. The van der Waals surface area contributed by atoms with Crippen LogP contribution in [-0.4, -0.2) is 42.2 Å². The number of rotatable bonds is 10. The maximum Gasteiger partial charge on any atom is 0.220 e. The predicted molar refractivity (Wildman–Crippen MR) is 69.5 cm³/mol. The number of aliphatic hydroxyl groups is 1. The van der Waals surface area contributed by atoms with E-state index in [1.165, 1.54) is 0 Å². The van der Waals surface area contributed by atoms with Gasteiger partial charge in [0.2, 0.25) is 5.91 Å². The van der Waals surface area contributed by atoms with Gasteiger partial charge in [0, 0.05) is 25.3 Å². The molecule has 0 fully saturated rings. The molecule has 4 N–H and O–H groups in total. The van der Waals surface area contributed by atoms with Crippen molar-refractivity contribution in [3.8, 4) is 0 Å². The van der Waals surface area contributed by atoms with Crippen LogP contribution in [0.1, 0.15) is 26.2 Å². The molecule has 0 aromatic carbocycles. The van der Waals surface area contributed by atoms with E-state index in [4.69, 9.17) is 10.8 Å². The Labute approximate surface area is 102 Å². The Kier molecular flexibility index (Phi) is 11.0. The van der Waals surface area contributed by atoms with Crippen LogP contribution in [-0.2, 0) is 4.79 Å². The minimum atomic E-state index is 0.0973. The Morgan fingerprint density at radius 3 is 2.81 bits per heavy atom. The van der Waals surface area contributed by atoms with Gasteiger partial charge in [0.1, 0.15) is 0 Å². The zero-order chi connectivity index (χ0) is 12.2. The SMILES string of the molecule is CCC(CN)CC(=O)NCCSCCCO. The molecule has 0 radical (unpaired) electrons. The highest BCUT2D eigenvalue weighted by molar-refractivity contribution is 7.99. The number of nitrogens with two attached hydrogens (primary N) is 1. The summed E-state index contributed by atoms with van der Waals surface area (Å²) < 4.78 is 0. The van der Waals surface area contributed by atoms with Crippen LogP contribution in [0.25, 0.3) is 0 Å². The minimum absolute atomic E-state index is 0.0973. The highest BCUT2D eigenvalue weighted by Crippen LogP contribution is 2.05. The highest BCUT2D eigenvalue weighted by atomic mass is 32.2. The van der Waals surface area contributed by atoms with Crippen LogP contribution in [0.4, 0.5) is 0 Å². The van der Waals surface area contributed by atoms with Crippen LogP contribution < -0.4 is 11.1 Å². The van der Waals surface area contributed by atoms with E-state index in [9.17, 15) is 4.79 Å². The summed E-state index contributed by atoms with van der Waals surface area (Å²) in [6, 6.07) is 0. The van der Waals surface area contributed by atoms with Crippen LogP contribution >= 0.6 is 11.8 Å². The lowest BCUT2D eigenvalue weighted by Gasteiger charge is -2.11. The van der Waals surface area contributed by atoms with Crippen molar-refractivity contribution in [3.63, 3.8) is 0 Å². The number of carbonyl (C=O) groups excluding carboxylic acids is 1. The molecule has 0 aliphatic heterocycles. The second-order valence-corrected chi connectivity index (χ2v) is 4.98. The van der Waals surface area contributed by atoms with E-state index in [2.05, 4.69) is 12.2 Å². The van der Waals surface area contributed by atoms with E-state index in [0.29, 0.717) is 25.4 Å². The second-order valence-electron chi connectivity index (χ2n) is 3.75. The maximum atomic E-state index is 11.4. The molecule has 0 bridgehead atoms. The lowest BCUT2D eigenvalue weighted by Crippen LogP contribution is -2.29. The lowest BCUT2D eigenvalue weighted by atomic mass is 10.0. The summed E-state index contributed by atoms with van der Waals surface area (Å²) in [4.78, 5) is 11.4. The van der Waals surface area contributed by atoms with Crippen LogP contribution in [0.2, 0.25) is 0 Å². The molecule has 1 amide bonds. The fourth-order valence-corrected chi connectivity index (χ4v) is 2.04. The molecule has 0 aromatic rings. The monoisotopic (exact) mass is 248 g/mol. The molecular formula is C11H24N2O2S. The van der Waals surface area contributed by atoms with Crippen molar-refractivity contribution in [2.45, 2.75) is 26.2 Å². The molecule has 0 spiro atoms. The van der Waals surface area contributed by atoms with Crippen molar-refractivity contribution < 1.29 is 9.90 Å². The van der Waals surface area contributed by atoms with Crippen LogP contribution in [0.5, 0.6) is 0 Å². The van der Waals surface area contributed by atoms with Gasteiger partial charge in [0.25, 0.3) is 0 Å². The Morgan fingerprint density at radius 1 is 1.50 bits per heavy atom. The van der Waals surface area contributed by atoms with Crippen molar-refractivity contribution in [1.82, 2.24) is 5.32 Å². The van der Waals surface area contributed by atoms with Crippen molar-refractivity contribution in [1.29, 1.82) is 0 Å². The molecule has 0 saturated carbocycles. The summed E-state index contributed by atoms with van der Waals surface area (Å²) in [6.07, 6.45) is 2.31. The van der Waals surface area contributed by atoms with Crippen molar-refractivity contribution in [3.05, 3.63) is 0 Å². The molecular weight excluding hydrogens is 224 g/mol. The molecule has 0 saturated heterocycles. The zero-order valence-electron chi connectivity index (χ0n) is 10.1. The second kappa shape index (κ2) is 11.2. The Morgan fingerprint density at radius 2 is 2.25 bits per heavy atom. The van der Waals surface area contributed by atoms with Gasteiger partial charge in [-0.3, -0.25) is 4.79 Å². The topological polar surface area (TPSA) is 75.4 Å². The number of amides is 1. The maximum absolute atomic E-state index is 11.4. The molecule has 96 valence electrons. The third-order valence-electron chi connectivity index (χ3n) is 2.40. The first-order chi connectivity index (χ1) is 7.74. The molecule has 1 unspecified atom stereocenters. The van der Waals surface area contributed by atoms with Crippen molar-refractivity contribution in [2.75, 3.05) is 31.2 Å². The van der Waals surface area contributed by atoms with E-state index < -0.39 is 0 Å². The first-order valence-corrected chi connectivity index (χ1v) is 7.05. The molecule has 16 heavy (non-hydrogen) atoms. The fourth-order valence-electron chi connectivity index (χ4n) is 1.26. The van der Waals surface area contributed by atoms with Gasteiger partial charge < -0.3 is 16.2 Å². The molecule has 5 heteroatoms. The van der Waals surface area contributed by atoms with Gasteiger partial charge in [-0.05, 0) is 24.6 Å². The van der Waals surface area contributed by atoms with Gasteiger partial charge >= 0.3 is 0 Å². The molecule has 4 nitrogen and oxygen atoms in total. The molecule has 0 heterocycles. The molecule has 0 aliphatic rings. The number of hydrogen-bond acceptors (Lipinski definition) is 4. The normalized spacial score (nSPS) is 12.4. The number of aliphatic hydroxyl groups excluding tert-OH is 1. The summed E-state index contributed by atoms with van der Waals surface area (Å²) in [6.45, 7) is 3.58. The number of nitrogens with one attached hydrogen (secondary N) is 1.